The van der Waals surface area contributed by atoms with Gasteiger partial charge in [-0.15, -0.1) is 10.2 Å². The van der Waals surface area contributed by atoms with E-state index in [1.54, 1.807) is 37.1 Å². The van der Waals surface area contributed by atoms with Crippen molar-refractivity contribution in [3.8, 4) is 5.75 Å². The van der Waals surface area contributed by atoms with E-state index in [0.29, 0.717) is 18.3 Å². The molecule has 0 saturated carbocycles. The smallest absolute Gasteiger partial charge is 0.191 e. The van der Waals surface area contributed by atoms with E-state index >= 15 is 0 Å². The van der Waals surface area contributed by atoms with Crippen LogP contribution in [0.2, 0.25) is 0 Å². The van der Waals surface area contributed by atoms with Crippen molar-refractivity contribution in [1.29, 1.82) is 0 Å². The summed E-state index contributed by atoms with van der Waals surface area (Å²) in [5.41, 5.74) is 0. The molecule has 2 rings (SSSR count). The fourth-order valence-corrected chi connectivity index (χ4v) is 3.21. The molecule has 0 saturated heterocycles. The van der Waals surface area contributed by atoms with E-state index in [1.165, 1.54) is 6.07 Å². The molecular weight excluding hydrogens is 329 g/mol. The molecule has 0 aliphatic rings. The van der Waals surface area contributed by atoms with Gasteiger partial charge in [-0.05, 0) is 25.0 Å². The van der Waals surface area contributed by atoms with Crippen LogP contribution in [-0.4, -0.2) is 34.2 Å². The first-order chi connectivity index (χ1) is 11.5. The number of ether oxygens (including phenoxy) is 2. The van der Waals surface area contributed by atoms with Crippen LogP contribution in [0.4, 0.5) is 4.39 Å². The summed E-state index contributed by atoms with van der Waals surface area (Å²) < 4.78 is 26.5. The highest BCUT2D eigenvalue weighted by Gasteiger charge is 2.19. The highest BCUT2D eigenvalue weighted by atomic mass is 32.2. The number of hydrogen-bond donors (Lipinski definition) is 0. The predicted octanol–water partition coefficient (Wildman–Crippen LogP) is 3.95. The average Bonchev–Trinajstić information content (AvgIpc) is 2.95. The van der Waals surface area contributed by atoms with Crippen molar-refractivity contribution in [3.05, 3.63) is 35.9 Å². The van der Waals surface area contributed by atoms with E-state index < -0.39 is 0 Å². The molecule has 7 heteroatoms. The molecule has 0 aliphatic carbocycles. The molecule has 0 unspecified atom stereocenters. The summed E-state index contributed by atoms with van der Waals surface area (Å²) in [6, 6.07) is 6.41. The number of thioether (sulfide) groups is 1. The first-order valence-corrected chi connectivity index (χ1v) is 8.94. The lowest BCUT2D eigenvalue weighted by atomic mass is 10.3. The zero-order valence-corrected chi connectivity index (χ0v) is 15.3. The SMILES string of the molecule is COC[C@@H](C)n1c(COc2ccccc2F)nnc1SCC(C)C. The van der Waals surface area contributed by atoms with Crippen molar-refractivity contribution in [1.82, 2.24) is 14.8 Å². The van der Waals surface area contributed by atoms with Crippen LogP contribution < -0.4 is 4.74 Å². The Morgan fingerprint density at radius 3 is 2.62 bits per heavy atom. The summed E-state index contributed by atoms with van der Waals surface area (Å²) in [5, 5.41) is 9.34. The Balaban J connectivity index is 2.17. The monoisotopic (exact) mass is 353 g/mol. The molecule has 0 bridgehead atoms. The van der Waals surface area contributed by atoms with Crippen LogP contribution in [0.25, 0.3) is 0 Å². The second-order valence-electron chi connectivity index (χ2n) is 6.00. The lowest BCUT2D eigenvalue weighted by molar-refractivity contribution is 0.154. The molecule has 1 heterocycles. The number of nitrogens with zero attached hydrogens (tertiary/aromatic N) is 3. The molecule has 0 radical (unpaired) electrons. The van der Waals surface area contributed by atoms with Crippen LogP contribution in [0.1, 0.15) is 32.6 Å². The summed E-state index contributed by atoms with van der Waals surface area (Å²) in [5.74, 6) is 1.99. The van der Waals surface area contributed by atoms with E-state index in [9.17, 15) is 4.39 Å². The molecule has 0 N–H and O–H groups in total. The number of aromatic nitrogens is 3. The van der Waals surface area contributed by atoms with Crippen molar-refractivity contribution >= 4 is 11.8 Å². The summed E-state index contributed by atoms with van der Waals surface area (Å²) in [6.07, 6.45) is 0. The summed E-state index contributed by atoms with van der Waals surface area (Å²) in [7, 11) is 1.66. The normalized spacial score (nSPS) is 12.6. The largest absolute Gasteiger partial charge is 0.483 e. The predicted molar refractivity (Wildman–Crippen MR) is 92.9 cm³/mol. The molecule has 5 nitrogen and oxygen atoms in total. The summed E-state index contributed by atoms with van der Waals surface area (Å²) in [6.45, 7) is 7.06. The number of hydrogen-bond acceptors (Lipinski definition) is 5. The van der Waals surface area contributed by atoms with E-state index in [-0.39, 0.29) is 24.2 Å². The van der Waals surface area contributed by atoms with Crippen LogP contribution in [0.5, 0.6) is 5.75 Å². The zero-order valence-electron chi connectivity index (χ0n) is 14.5. The minimum Gasteiger partial charge on any atom is -0.483 e. The fourth-order valence-electron chi connectivity index (χ4n) is 2.21. The molecular formula is C17H24FN3O2S. The quantitative estimate of drug-likeness (QED) is 0.639. The number of para-hydroxylation sites is 1. The molecule has 0 spiro atoms. The Morgan fingerprint density at radius 1 is 1.21 bits per heavy atom. The Hall–Kier alpha value is -1.60. The third kappa shape index (κ3) is 4.95. The van der Waals surface area contributed by atoms with Gasteiger partial charge in [-0.1, -0.05) is 37.7 Å². The maximum absolute atomic E-state index is 13.7. The van der Waals surface area contributed by atoms with Crippen LogP contribution in [-0.2, 0) is 11.3 Å². The standard InChI is InChI=1S/C17H24FN3O2S/c1-12(2)11-24-17-20-19-16(21(17)13(3)9-22-4)10-23-15-8-6-5-7-14(15)18/h5-8,12-13H,9-11H2,1-4H3/t13-/m1/s1. The molecule has 1 aromatic carbocycles. The van der Waals surface area contributed by atoms with Gasteiger partial charge in [-0.25, -0.2) is 4.39 Å². The molecule has 0 amide bonds. The highest BCUT2D eigenvalue weighted by molar-refractivity contribution is 7.99. The van der Waals surface area contributed by atoms with E-state index in [0.717, 1.165) is 10.9 Å². The van der Waals surface area contributed by atoms with Gasteiger partial charge in [0, 0.05) is 12.9 Å². The van der Waals surface area contributed by atoms with Crippen molar-refractivity contribution in [3.63, 3.8) is 0 Å². The topological polar surface area (TPSA) is 49.2 Å². The maximum atomic E-state index is 13.7. The minimum atomic E-state index is -0.386. The minimum absolute atomic E-state index is 0.0684. The number of rotatable bonds is 9. The Kier molecular flexibility index (Phi) is 7.05. The number of methoxy groups -OCH3 is 1. The van der Waals surface area contributed by atoms with Gasteiger partial charge in [0.15, 0.2) is 22.5 Å². The maximum Gasteiger partial charge on any atom is 0.191 e. The van der Waals surface area contributed by atoms with E-state index in [4.69, 9.17) is 9.47 Å². The molecule has 0 aliphatic heterocycles. The lowest BCUT2D eigenvalue weighted by Crippen LogP contribution is -2.17. The van der Waals surface area contributed by atoms with Gasteiger partial charge in [-0.2, -0.15) is 0 Å². The van der Waals surface area contributed by atoms with Crippen molar-refractivity contribution in [2.75, 3.05) is 19.5 Å². The van der Waals surface area contributed by atoms with Gasteiger partial charge in [0.2, 0.25) is 0 Å². The van der Waals surface area contributed by atoms with Gasteiger partial charge in [0.1, 0.15) is 6.61 Å². The number of benzene rings is 1. The molecule has 24 heavy (non-hydrogen) atoms. The zero-order chi connectivity index (χ0) is 17.5. The van der Waals surface area contributed by atoms with Gasteiger partial charge in [0.05, 0.1) is 12.6 Å². The molecule has 1 aromatic heterocycles. The van der Waals surface area contributed by atoms with Crippen LogP contribution in [0.15, 0.2) is 29.4 Å². The molecule has 0 fully saturated rings. The Morgan fingerprint density at radius 2 is 1.96 bits per heavy atom. The van der Waals surface area contributed by atoms with E-state index in [2.05, 4.69) is 24.0 Å². The van der Waals surface area contributed by atoms with E-state index in [1.807, 2.05) is 11.5 Å². The summed E-state index contributed by atoms with van der Waals surface area (Å²) in [4.78, 5) is 0. The van der Waals surface area contributed by atoms with Crippen molar-refractivity contribution in [2.24, 2.45) is 5.92 Å². The fraction of sp³-hybridized carbons (Fsp3) is 0.529. The van der Waals surface area contributed by atoms with Gasteiger partial charge in [-0.3, -0.25) is 4.57 Å². The van der Waals surface area contributed by atoms with Crippen LogP contribution >= 0.6 is 11.8 Å². The van der Waals surface area contributed by atoms with Gasteiger partial charge in [0.25, 0.3) is 0 Å². The second-order valence-corrected chi connectivity index (χ2v) is 6.98. The van der Waals surface area contributed by atoms with Crippen molar-refractivity contribution < 1.29 is 13.9 Å². The average molecular weight is 353 g/mol. The first-order valence-electron chi connectivity index (χ1n) is 7.95. The number of halogens is 1. The van der Waals surface area contributed by atoms with Crippen LogP contribution in [0.3, 0.4) is 0 Å². The molecule has 2 aromatic rings. The third-order valence-electron chi connectivity index (χ3n) is 3.32. The molecule has 1 atom stereocenters. The van der Waals surface area contributed by atoms with Gasteiger partial charge >= 0.3 is 0 Å². The highest BCUT2D eigenvalue weighted by Crippen LogP contribution is 2.25. The second kappa shape index (κ2) is 9.03. The first kappa shape index (κ1) is 18.7. The lowest BCUT2D eigenvalue weighted by Gasteiger charge is -2.17. The Bertz CT molecular complexity index is 649. The summed E-state index contributed by atoms with van der Waals surface area (Å²) >= 11 is 1.66. The Labute approximate surface area is 146 Å². The van der Waals surface area contributed by atoms with Crippen LogP contribution in [0, 0.1) is 11.7 Å². The van der Waals surface area contributed by atoms with Crippen molar-refractivity contribution in [2.45, 2.75) is 38.6 Å². The van der Waals surface area contributed by atoms with Gasteiger partial charge < -0.3 is 9.47 Å². The molecule has 132 valence electrons. The third-order valence-corrected chi connectivity index (χ3v) is 4.69.